The molecule has 5 rings (SSSR count). The number of carbonyl (C=O) groups excluding carboxylic acids is 10. The van der Waals surface area contributed by atoms with Gasteiger partial charge in [-0.1, -0.05) is 0 Å². The first-order valence-electron chi connectivity index (χ1n) is 11.6. The van der Waals surface area contributed by atoms with Gasteiger partial charge in [-0.3, -0.25) is 0 Å². The van der Waals surface area contributed by atoms with Crippen LogP contribution in [0.3, 0.4) is 0 Å². The van der Waals surface area contributed by atoms with Gasteiger partial charge in [-0.15, -0.1) is 0 Å². The fourth-order valence-corrected chi connectivity index (χ4v) is 2.71. The van der Waals surface area contributed by atoms with Crippen molar-refractivity contribution in [1.82, 2.24) is 24.5 Å². The quantitative estimate of drug-likeness (QED) is 0.236. The van der Waals surface area contributed by atoms with Crippen LogP contribution in [0.5, 0.6) is 0 Å². The fourth-order valence-electron chi connectivity index (χ4n) is 2.71. The Morgan fingerprint density at radius 2 is 0.404 bits per heavy atom. The number of aliphatic carboxylic acids is 5. The summed E-state index contributed by atoms with van der Waals surface area (Å²) in [5.74, 6) is -6.81. The molecule has 2 radical (unpaired) electrons. The van der Waals surface area contributed by atoms with Crippen LogP contribution in [0, 0.1) is 0 Å². The molecule has 260 valence electrons. The summed E-state index contributed by atoms with van der Waals surface area (Å²) >= 11 is 0. The van der Waals surface area contributed by atoms with Crippen LogP contribution in [0.1, 0.15) is 0 Å². The van der Waals surface area contributed by atoms with Crippen molar-refractivity contribution in [1.29, 1.82) is 0 Å². The maximum absolute atomic E-state index is 9.83. The number of hydrogen-bond acceptors (Lipinski definition) is 20. The SMILES string of the molecule is O=C([O-])[C@@H]1CN1C(=O)[O-].O=C([O-])[C@@H]1CN1C(=O)[O-].O=C([O-])[C@@H]1CN1C(=O)[O-].O=C([O-])[C@@H]1CN1C(=O)[O-].O=C([O-])[C@@H]1CN1C(=O)[O-].[V].[V]. The first-order chi connectivity index (χ1) is 20.6. The van der Waals surface area contributed by atoms with E-state index in [1.165, 1.54) is 0 Å². The molecule has 5 saturated heterocycles. The van der Waals surface area contributed by atoms with Gasteiger partial charge in [0.1, 0.15) is 30.5 Å². The van der Waals surface area contributed by atoms with Crippen LogP contribution in [-0.4, -0.2) is 148 Å². The van der Waals surface area contributed by atoms with E-state index in [4.69, 9.17) is 0 Å². The van der Waals surface area contributed by atoms with E-state index in [2.05, 4.69) is 0 Å². The zero-order valence-corrected chi connectivity index (χ0v) is 25.5. The van der Waals surface area contributed by atoms with Gasteiger partial charge in [0.15, 0.2) is 0 Å². The smallest absolute Gasteiger partial charge is 0.137 e. The van der Waals surface area contributed by atoms with E-state index in [9.17, 15) is 99.0 Å². The summed E-state index contributed by atoms with van der Waals surface area (Å²) in [6, 6.07) is -4.81. The third-order valence-electron chi connectivity index (χ3n) is 5.59. The van der Waals surface area contributed by atoms with Crippen molar-refractivity contribution in [2.45, 2.75) is 30.2 Å². The van der Waals surface area contributed by atoms with Crippen LogP contribution in [-0.2, 0) is 61.1 Å². The first-order valence-corrected chi connectivity index (χ1v) is 11.6. The van der Waals surface area contributed by atoms with Gasteiger partial charge in [0.05, 0.1) is 60.1 Å². The van der Waals surface area contributed by atoms with Gasteiger partial charge < -0.3 is 124 Å². The second-order valence-electron chi connectivity index (χ2n) is 8.77. The third-order valence-corrected chi connectivity index (χ3v) is 5.59. The van der Waals surface area contributed by atoms with Crippen LogP contribution in [0.25, 0.3) is 0 Å². The van der Waals surface area contributed by atoms with Crippen molar-refractivity contribution < 1.29 is 136 Å². The van der Waals surface area contributed by atoms with Gasteiger partial charge in [-0.25, -0.2) is 0 Å². The van der Waals surface area contributed by atoms with Crippen LogP contribution in [0.15, 0.2) is 0 Å². The molecular formula is C20H15N5O20V2-10. The van der Waals surface area contributed by atoms with Crippen molar-refractivity contribution in [2.75, 3.05) is 32.7 Å². The average Bonchev–Trinajstić information content (AvgIpc) is 3.76. The van der Waals surface area contributed by atoms with E-state index >= 15 is 0 Å². The molecular weight excluding hydrogens is 732 g/mol. The number of hydrogen-bond donors (Lipinski definition) is 0. The Morgan fingerprint density at radius 3 is 0.426 bits per heavy atom. The first kappa shape index (κ1) is 44.0. The number of carbonyl (C=O) groups is 10. The molecule has 0 aromatic heterocycles. The predicted molar refractivity (Wildman–Crippen MR) is 104 cm³/mol. The Labute approximate surface area is 283 Å². The molecule has 0 N–H and O–H groups in total. The molecule has 5 heterocycles. The Hall–Kier alpha value is -5.13. The third kappa shape index (κ3) is 14.7. The van der Waals surface area contributed by atoms with E-state index < -0.39 is 90.5 Å². The minimum Gasteiger partial charge on any atom is -0.548 e. The summed E-state index contributed by atoms with van der Waals surface area (Å²) in [4.78, 5) is 102. The number of rotatable bonds is 5. The van der Waals surface area contributed by atoms with Crippen molar-refractivity contribution >= 4 is 60.3 Å². The van der Waals surface area contributed by atoms with Crippen molar-refractivity contribution in [3.63, 3.8) is 0 Å². The summed E-state index contributed by atoms with van der Waals surface area (Å²) in [5.41, 5.74) is 0. The van der Waals surface area contributed by atoms with E-state index in [0.29, 0.717) is 24.5 Å². The van der Waals surface area contributed by atoms with Crippen LogP contribution in [0.4, 0.5) is 24.0 Å². The number of carboxylic acid groups (broad SMARTS) is 10. The van der Waals surface area contributed by atoms with Crippen molar-refractivity contribution in [2.24, 2.45) is 0 Å². The van der Waals surface area contributed by atoms with Gasteiger partial charge in [0, 0.05) is 69.8 Å². The van der Waals surface area contributed by atoms with E-state index in [1.807, 2.05) is 0 Å². The normalized spacial score (nSPS) is 22.6. The number of nitrogens with zero attached hydrogens (tertiary/aromatic N) is 5. The van der Waals surface area contributed by atoms with Gasteiger partial charge >= 0.3 is 0 Å². The van der Waals surface area contributed by atoms with Gasteiger partial charge in [-0.05, 0) is 0 Å². The summed E-state index contributed by atoms with van der Waals surface area (Å²) in [7, 11) is 0. The molecule has 47 heavy (non-hydrogen) atoms. The Kier molecular flexibility index (Phi) is 17.0. The molecule has 27 heteroatoms. The zero-order chi connectivity index (χ0) is 35.1. The van der Waals surface area contributed by atoms with Crippen LogP contribution in [0.2, 0.25) is 0 Å². The largest absolute Gasteiger partial charge is 0.548 e. The molecule has 5 atom stereocenters. The number of carboxylic acids is 5. The molecule has 0 bridgehead atoms. The maximum atomic E-state index is 9.83. The van der Waals surface area contributed by atoms with Crippen LogP contribution < -0.4 is 51.1 Å². The summed E-state index contributed by atoms with van der Waals surface area (Å²) < 4.78 is 0. The van der Waals surface area contributed by atoms with Crippen molar-refractivity contribution in [3.8, 4) is 0 Å². The second kappa shape index (κ2) is 18.1. The van der Waals surface area contributed by atoms with Gasteiger partial charge in [-0.2, -0.15) is 0 Å². The van der Waals surface area contributed by atoms with E-state index in [0.717, 1.165) is 0 Å². The molecule has 0 aromatic rings. The minimum atomic E-state index is -1.45. The molecule has 5 fully saturated rings. The Morgan fingerprint density at radius 1 is 0.298 bits per heavy atom. The molecule has 0 saturated carbocycles. The molecule has 0 unspecified atom stereocenters. The van der Waals surface area contributed by atoms with Gasteiger partial charge in [0.2, 0.25) is 0 Å². The van der Waals surface area contributed by atoms with Gasteiger partial charge in [0.25, 0.3) is 0 Å². The minimum absolute atomic E-state index is 0. The second-order valence-corrected chi connectivity index (χ2v) is 8.77. The maximum Gasteiger partial charge on any atom is 0.137 e. The molecule has 5 amide bonds. The molecule has 0 aliphatic carbocycles. The van der Waals surface area contributed by atoms with Crippen LogP contribution >= 0.6 is 0 Å². The molecule has 5 aliphatic rings. The Bertz CT molecular complexity index is 972. The van der Waals surface area contributed by atoms with E-state index in [1.54, 1.807) is 0 Å². The summed E-state index contributed by atoms with van der Waals surface area (Å²) in [6.45, 7) is 0.0231. The molecule has 0 aromatic carbocycles. The topological polar surface area (TPSA) is 416 Å². The summed E-state index contributed by atoms with van der Waals surface area (Å²) in [5, 5.41) is 98.2. The molecule has 5 aliphatic heterocycles. The average molecular weight is 747 g/mol. The summed E-state index contributed by atoms with van der Waals surface area (Å²) in [6.07, 6.45) is -7.27. The van der Waals surface area contributed by atoms with Crippen molar-refractivity contribution in [3.05, 3.63) is 0 Å². The molecule has 0 spiro atoms. The standard InChI is InChI=1S/5C4H5NO4.2V/c5*6-3(7)2-1-5(2)4(8)9;;/h5*2H,1H2,(H,6,7)(H,8,9);;/p-10/t5*2-,5?;;/m00000../s1. The van der Waals surface area contributed by atoms with E-state index in [-0.39, 0.29) is 69.8 Å². The number of amides is 5. The molecule has 25 nitrogen and oxygen atoms in total. The zero-order valence-electron chi connectivity index (χ0n) is 22.7. The fraction of sp³-hybridized carbons (Fsp3) is 0.500. The Balaban J connectivity index is 0. The monoisotopic (exact) mass is 747 g/mol. The predicted octanol–water partition coefficient (Wildman–Crippen LogP) is -16.2.